The predicted molar refractivity (Wildman–Crippen MR) is 142 cm³/mol. The van der Waals surface area contributed by atoms with E-state index in [0.29, 0.717) is 37.1 Å². The lowest BCUT2D eigenvalue weighted by molar-refractivity contribution is -0.117. The number of nitrogens with zero attached hydrogens (tertiary/aromatic N) is 3. The number of ether oxygens (including phenoxy) is 1. The lowest BCUT2D eigenvalue weighted by Gasteiger charge is -2.18. The molecule has 0 bridgehead atoms. The average molecular weight is 488 g/mol. The van der Waals surface area contributed by atoms with Gasteiger partial charge in [0.25, 0.3) is 0 Å². The zero-order chi connectivity index (χ0) is 24.4. The van der Waals surface area contributed by atoms with Crippen molar-refractivity contribution in [1.82, 2.24) is 9.55 Å². The highest BCUT2D eigenvalue weighted by Gasteiger charge is 2.35. The van der Waals surface area contributed by atoms with Crippen LogP contribution in [0, 0.1) is 0 Å². The third-order valence-electron chi connectivity index (χ3n) is 6.93. The Kier molecular flexibility index (Phi) is 6.78. The van der Waals surface area contributed by atoms with E-state index in [9.17, 15) is 4.79 Å². The molecule has 1 amide bonds. The van der Waals surface area contributed by atoms with Crippen molar-refractivity contribution in [2.24, 2.45) is 0 Å². The number of anilines is 1. The summed E-state index contributed by atoms with van der Waals surface area (Å²) in [5.41, 5.74) is 4.08. The molecule has 0 N–H and O–H groups in total. The molecule has 2 unspecified atom stereocenters. The summed E-state index contributed by atoms with van der Waals surface area (Å²) in [5, 5.41) is 0.626. The number of halogens is 1. The largest absolute Gasteiger partial charge is 0.491 e. The van der Waals surface area contributed by atoms with Crippen LogP contribution in [0.25, 0.3) is 11.0 Å². The van der Waals surface area contributed by atoms with Crippen molar-refractivity contribution in [3.8, 4) is 5.75 Å². The molecule has 2 atom stereocenters. The molecular weight excluding hydrogens is 458 g/mol. The quantitative estimate of drug-likeness (QED) is 0.274. The van der Waals surface area contributed by atoms with Gasteiger partial charge < -0.3 is 14.2 Å². The number of rotatable bonds is 8. The highest BCUT2D eigenvalue weighted by molar-refractivity contribution is 6.30. The van der Waals surface area contributed by atoms with E-state index in [1.165, 1.54) is 5.56 Å². The molecule has 180 valence electrons. The Hall–Kier alpha value is -3.31. The summed E-state index contributed by atoms with van der Waals surface area (Å²) in [4.78, 5) is 19.7. The van der Waals surface area contributed by atoms with Gasteiger partial charge in [-0.3, -0.25) is 4.79 Å². The molecule has 1 saturated heterocycles. The summed E-state index contributed by atoms with van der Waals surface area (Å²) in [7, 11) is 0. The number of carbonyl (C=O) groups is 1. The van der Waals surface area contributed by atoms with Crippen molar-refractivity contribution >= 4 is 34.2 Å². The minimum atomic E-state index is 0.00119. The topological polar surface area (TPSA) is 47.4 Å². The van der Waals surface area contributed by atoms with E-state index in [2.05, 4.69) is 36.6 Å². The second-order valence-electron chi connectivity index (χ2n) is 9.19. The van der Waals surface area contributed by atoms with E-state index >= 15 is 0 Å². The Labute approximate surface area is 211 Å². The predicted octanol–water partition coefficient (Wildman–Crippen LogP) is 6.80. The Balaban J connectivity index is 1.39. The molecule has 0 saturated carbocycles. The number of hydrogen-bond donors (Lipinski definition) is 0. The Morgan fingerprint density at radius 2 is 1.89 bits per heavy atom. The zero-order valence-corrected chi connectivity index (χ0v) is 20.9. The van der Waals surface area contributed by atoms with Crippen molar-refractivity contribution in [3.05, 3.63) is 89.2 Å². The molecule has 4 aromatic rings. The number of carbonyl (C=O) groups excluding carboxylic acids is 1. The summed E-state index contributed by atoms with van der Waals surface area (Å²) in [6.45, 7) is 6.19. The first-order chi connectivity index (χ1) is 17.0. The van der Waals surface area contributed by atoms with E-state index in [1.54, 1.807) is 0 Å². The molecule has 0 radical (unpaired) electrons. The maximum absolute atomic E-state index is 12.9. The summed E-state index contributed by atoms with van der Waals surface area (Å²) in [6, 6.07) is 23.9. The fourth-order valence-electron chi connectivity index (χ4n) is 4.90. The van der Waals surface area contributed by atoms with E-state index in [1.807, 2.05) is 59.5 Å². The number of imidazole rings is 1. The summed E-state index contributed by atoms with van der Waals surface area (Å²) in [6.07, 6.45) is 1.49. The highest BCUT2D eigenvalue weighted by atomic mass is 35.5. The molecular formula is C29H30ClN3O2. The second kappa shape index (κ2) is 10.1. The SMILES string of the molecule is CCC(C)c1ccccc1OCCn1c(C2CC(=O)N(c3cccc(Cl)c3)C2)nc2ccccc21. The molecule has 0 spiro atoms. The molecule has 6 heteroatoms. The van der Waals surface area contributed by atoms with Crippen LogP contribution in [0.3, 0.4) is 0 Å². The van der Waals surface area contributed by atoms with Gasteiger partial charge in [0.05, 0.1) is 17.6 Å². The maximum atomic E-state index is 12.9. The van der Waals surface area contributed by atoms with Crippen molar-refractivity contribution < 1.29 is 9.53 Å². The first-order valence-corrected chi connectivity index (χ1v) is 12.7. The van der Waals surface area contributed by atoms with Crippen LogP contribution in [-0.4, -0.2) is 28.6 Å². The van der Waals surface area contributed by atoms with Crippen LogP contribution >= 0.6 is 11.6 Å². The van der Waals surface area contributed by atoms with Gasteiger partial charge >= 0.3 is 0 Å². The Morgan fingerprint density at radius 1 is 1.09 bits per heavy atom. The van der Waals surface area contributed by atoms with Crippen LogP contribution in [0.2, 0.25) is 5.02 Å². The first kappa shape index (κ1) is 23.4. The van der Waals surface area contributed by atoms with Crippen LogP contribution in [-0.2, 0) is 11.3 Å². The number of hydrogen-bond acceptors (Lipinski definition) is 3. The van der Waals surface area contributed by atoms with Crippen LogP contribution in [0.15, 0.2) is 72.8 Å². The van der Waals surface area contributed by atoms with Crippen molar-refractivity contribution in [2.45, 2.75) is 45.1 Å². The summed E-state index contributed by atoms with van der Waals surface area (Å²) < 4.78 is 8.51. The Morgan fingerprint density at radius 3 is 2.71 bits per heavy atom. The van der Waals surface area contributed by atoms with Gasteiger partial charge in [0.2, 0.25) is 5.91 Å². The third-order valence-corrected chi connectivity index (χ3v) is 7.16. The molecule has 5 rings (SSSR count). The van der Waals surface area contributed by atoms with Crippen molar-refractivity contribution in [2.75, 3.05) is 18.1 Å². The third kappa shape index (κ3) is 4.78. The molecule has 0 aliphatic carbocycles. The fraction of sp³-hybridized carbons (Fsp3) is 0.310. The number of benzene rings is 3. The smallest absolute Gasteiger partial charge is 0.227 e. The van der Waals surface area contributed by atoms with Crippen molar-refractivity contribution in [1.29, 1.82) is 0 Å². The standard InChI is InChI=1S/C29H30ClN3O2/c1-3-20(2)24-11-4-7-14-27(24)35-16-15-32-26-13-6-5-12-25(26)31-29(32)21-17-28(34)33(19-21)23-10-8-9-22(30)18-23/h4-14,18,20-21H,3,15-17,19H2,1-2H3. The maximum Gasteiger partial charge on any atom is 0.227 e. The van der Waals surface area contributed by atoms with Crippen molar-refractivity contribution in [3.63, 3.8) is 0 Å². The lowest BCUT2D eigenvalue weighted by Crippen LogP contribution is -2.24. The van der Waals surface area contributed by atoms with Crippen LogP contribution in [0.4, 0.5) is 5.69 Å². The molecule has 1 fully saturated rings. The van der Waals surface area contributed by atoms with Gasteiger partial charge in [-0.2, -0.15) is 0 Å². The minimum Gasteiger partial charge on any atom is -0.491 e. The summed E-state index contributed by atoms with van der Waals surface area (Å²) >= 11 is 6.18. The minimum absolute atomic E-state index is 0.00119. The highest BCUT2D eigenvalue weighted by Crippen LogP contribution is 2.34. The van der Waals surface area contributed by atoms with Crippen LogP contribution in [0.5, 0.6) is 5.75 Å². The number of para-hydroxylation sites is 3. The van der Waals surface area contributed by atoms with E-state index in [0.717, 1.165) is 34.7 Å². The lowest BCUT2D eigenvalue weighted by atomic mass is 9.98. The van der Waals surface area contributed by atoms with Gasteiger partial charge in [-0.15, -0.1) is 0 Å². The molecule has 35 heavy (non-hydrogen) atoms. The fourth-order valence-corrected chi connectivity index (χ4v) is 5.09. The monoisotopic (exact) mass is 487 g/mol. The molecule has 1 aromatic heterocycles. The molecule has 2 heterocycles. The van der Waals surface area contributed by atoms with Gasteiger partial charge in [-0.25, -0.2) is 4.98 Å². The van der Waals surface area contributed by atoms with Gasteiger partial charge in [0.1, 0.15) is 18.2 Å². The molecule has 1 aliphatic rings. The van der Waals surface area contributed by atoms with E-state index in [-0.39, 0.29) is 11.8 Å². The zero-order valence-electron chi connectivity index (χ0n) is 20.2. The van der Waals surface area contributed by atoms with E-state index < -0.39 is 0 Å². The van der Waals surface area contributed by atoms with Crippen LogP contribution in [0.1, 0.15) is 49.9 Å². The van der Waals surface area contributed by atoms with E-state index in [4.69, 9.17) is 21.3 Å². The van der Waals surface area contributed by atoms with Crippen LogP contribution < -0.4 is 9.64 Å². The molecule has 1 aliphatic heterocycles. The van der Waals surface area contributed by atoms with Gasteiger partial charge in [-0.05, 0) is 54.3 Å². The molecule has 5 nitrogen and oxygen atoms in total. The number of fused-ring (bicyclic) bond motifs is 1. The average Bonchev–Trinajstić information content (AvgIpc) is 3.44. The summed E-state index contributed by atoms with van der Waals surface area (Å²) in [5.74, 6) is 2.41. The van der Waals surface area contributed by atoms with Gasteiger partial charge in [0.15, 0.2) is 0 Å². The molecule has 3 aromatic carbocycles. The number of aromatic nitrogens is 2. The Bertz CT molecular complexity index is 1350. The van der Waals surface area contributed by atoms with Gasteiger partial charge in [-0.1, -0.05) is 61.8 Å². The normalized spacial score (nSPS) is 16.7. The second-order valence-corrected chi connectivity index (χ2v) is 9.63. The first-order valence-electron chi connectivity index (χ1n) is 12.3. The number of amides is 1. The van der Waals surface area contributed by atoms with Gasteiger partial charge in [0, 0.05) is 29.6 Å².